The first-order chi connectivity index (χ1) is 7.25. The molecule has 0 heterocycles. The Balaban J connectivity index is 2.57. The first-order valence-electron chi connectivity index (χ1n) is 5.78. The summed E-state index contributed by atoms with van der Waals surface area (Å²) in [6.07, 6.45) is 0.944. The maximum atomic E-state index is 12.1. The van der Waals surface area contributed by atoms with Gasteiger partial charge in [-0.15, -0.1) is 0 Å². The molecule has 1 saturated carbocycles. The summed E-state index contributed by atoms with van der Waals surface area (Å²) in [6.45, 7) is 8.32. The Morgan fingerprint density at radius 2 is 1.94 bits per heavy atom. The summed E-state index contributed by atoms with van der Waals surface area (Å²) < 4.78 is 0. The second-order valence-electron chi connectivity index (χ2n) is 5.51. The molecule has 1 atom stereocenters. The number of carboxylic acids is 1. The molecule has 4 nitrogen and oxygen atoms in total. The molecule has 0 spiro atoms. The van der Waals surface area contributed by atoms with Gasteiger partial charge in [0.2, 0.25) is 5.91 Å². The van der Waals surface area contributed by atoms with E-state index in [1.165, 1.54) is 0 Å². The van der Waals surface area contributed by atoms with Crippen molar-refractivity contribution in [3.05, 3.63) is 0 Å². The van der Waals surface area contributed by atoms with Crippen LogP contribution in [0.25, 0.3) is 0 Å². The van der Waals surface area contributed by atoms with Gasteiger partial charge in [0.15, 0.2) is 0 Å². The summed E-state index contributed by atoms with van der Waals surface area (Å²) in [4.78, 5) is 24.3. The molecule has 0 aromatic rings. The molecule has 0 unspecified atom stereocenters. The first kappa shape index (κ1) is 13.0. The molecular weight excluding hydrogens is 206 g/mol. The standard InChI is InChI=1S/C12H21NO3/c1-8(2)13(6-5-10(14)15)11(16)9-7-12(9,3)4/h8-9H,5-7H2,1-4H3,(H,14,15)/t9-/m1/s1. The zero-order chi connectivity index (χ0) is 12.5. The van der Waals surface area contributed by atoms with E-state index in [0.717, 1.165) is 6.42 Å². The summed E-state index contributed by atoms with van der Waals surface area (Å²) in [5.41, 5.74) is 0.105. The van der Waals surface area contributed by atoms with Crippen LogP contribution in [0.5, 0.6) is 0 Å². The van der Waals surface area contributed by atoms with Crippen LogP contribution < -0.4 is 0 Å². The Morgan fingerprint density at radius 3 is 2.25 bits per heavy atom. The number of rotatable bonds is 5. The second-order valence-corrected chi connectivity index (χ2v) is 5.51. The fourth-order valence-electron chi connectivity index (χ4n) is 1.93. The molecule has 0 bridgehead atoms. The van der Waals surface area contributed by atoms with E-state index < -0.39 is 5.97 Å². The monoisotopic (exact) mass is 227 g/mol. The second kappa shape index (κ2) is 4.44. The summed E-state index contributed by atoms with van der Waals surface area (Å²) in [5, 5.41) is 8.64. The van der Waals surface area contributed by atoms with Crippen molar-refractivity contribution in [1.29, 1.82) is 0 Å². The van der Waals surface area contributed by atoms with E-state index in [4.69, 9.17) is 5.11 Å². The van der Waals surface area contributed by atoms with E-state index in [0.29, 0.717) is 6.54 Å². The Hall–Kier alpha value is -1.06. The number of carbonyl (C=O) groups excluding carboxylic acids is 1. The van der Waals surface area contributed by atoms with Gasteiger partial charge in [0.05, 0.1) is 6.42 Å². The van der Waals surface area contributed by atoms with E-state index in [9.17, 15) is 9.59 Å². The van der Waals surface area contributed by atoms with Crippen molar-refractivity contribution in [2.45, 2.75) is 46.6 Å². The fraction of sp³-hybridized carbons (Fsp3) is 0.833. The van der Waals surface area contributed by atoms with Crippen LogP contribution in [-0.4, -0.2) is 34.5 Å². The van der Waals surface area contributed by atoms with Gasteiger partial charge in [-0.3, -0.25) is 9.59 Å². The van der Waals surface area contributed by atoms with Gasteiger partial charge in [0.25, 0.3) is 0 Å². The smallest absolute Gasteiger partial charge is 0.305 e. The lowest BCUT2D eigenvalue weighted by Gasteiger charge is -2.27. The Morgan fingerprint density at radius 1 is 1.44 bits per heavy atom. The molecule has 1 aliphatic carbocycles. The van der Waals surface area contributed by atoms with Gasteiger partial charge in [0.1, 0.15) is 0 Å². The average Bonchev–Trinajstić information content (AvgIpc) is 2.74. The van der Waals surface area contributed by atoms with E-state index in [2.05, 4.69) is 13.8 Å². The quantitative estimate of drug-likeness (QED) is 0.778. The molecule has 0 aromatic carbocycles. The molecule has 1 amide bonds. The minimum Gasteiger partial charge on any atom is -0.481 e. The third-order valence-corrected chi connectivity index (χ3v) is 3.28. The highest BCUT2D eigenvalue weighted by Crippen LogP contribution is 2.52. The zero-order valence-electron chi connectivity index (χ0n) is 10.5. The average molecular weight is 227 g/mol. The highest BCUT2D eigenvalue weighted by molar-refractivity contribution is 5.83. The summed E-state index contributed by atoms with van der Waals surface area (Å²) in [6, 6.07) is 0.0725. The van der Waals surface area contributed by atoms with Gasteiger partial charge in [0, 0.05) is 18.5 Å². The topological polar surface area (TPSA) is 57.6 Å². The normalized spacial score (nSPS) is 21.9. The highest BCUT2D eigenvalue weighted by atomic mass is 16.4. The van der Waals surface area contributed by atoms with Gasteiger partial charge in [-0.25, -0.2) is 0 Å². The Bertz CT molecular complexity index is 297. The molecule has 1 fully saturated rings. The molecule has 0 aromatic heterocycles. The van der Waals surface area contributed by atoms with Crippen LogP contribution in [0.3, 0.4) is 0 Å². The van der Waals surface area contributed by atoms with Crippen molar-refractivity contribution in [2.75, 3.05) is 6.54 Å². The number of hydrogen-bond acceptors (Lipinski definition) is 2. The van der Waals surface area contributed by atoms with E-state index in [1.54, 1.807) is 4.90 Å². The summed E-state index contributed by atoms with van der Waals surface area (Å²) in [7, 11) is 0. The SMILES string of the molecule is CC(C)N(CCC(=O)O)C(=O)[C@H]1CC1(C)C. The minimum absolute atomic E-state index is 0.0249. The predicted molar refractivity (Wildman–Crippen MR) is 61.0 cm³/mol. The molecule has 1 rings (SSSR count). The largest absolute Gasteiger partial charge is 0.481 e. The van der Waals surface area contributed by atoms with Crippen molar-refractivity contribution in [1.82, 2.24) is 4.90 Å². The van der Waals surface area contributed by atoms with Crippen molar-refractivity contribution >= 4 is 11.9 Å². The van der Waals surface area contributed by atoms with Gasteiger partial charge in [-0.2, -0.15) is 0 Å². The van der Waals surface area contributed by atoms with Gasteiger partial charge >= 0.3 is 5.97 Å². The number of aliphatic carboxylic acids is 1. The first-order valence-corrected chi connectivity index (χ1v) is 5.78. The van der Waals surface area contributed by atoms with E-state index in [-0.39, 0.29) is 29.7 Å². The van der Waals surface area contributed by atoms with E-state index >= 15 is 0 Å². The molecular formula is C12H21NO3. The molecule has 92 valence electrons. The fourth-order valence-corrected chi connectivity index (χ4v) is 1.93. The lowest BCUT2D eigenvalue weighted by atomic mass is 10.1. The predicted octanol–water partition coefficient (Wildman–Crippen LogP) is 1.74. The van der Waals surface area contributed by atoms with Gasteiger partial charge in [-0.1, -0.05) is 13.8 Å². The molecule has 0 radical (unpaired) electrons. The third kappa shape index (κ3) is 2.97. The maximum Gasteiger partial charge on any atom is 0.305 e. The van der Waals surface area contributed by atoms with Gasteiger partial charge in [-0.05, 0) is 25.7 Å². The Kier molecular flexibility index (Phi) is 3.61. The summed E-state index contributed by atoms with van der Waals surface area (Å²) >= 11 is 0. The number of hydrogen-bond donors (Lipinski definition) is 1. The van der Waals surface area contributed by atoms with E-state index in [1.807, 2.05) is 13.8 Å². The number of carbonyl (C=O) groups is 2. The molecule has 0 saturated heterocycles. The number of nitrogens with zero attached hydrogens (tertiary/aromatic N) is 1. The number of carboxylic acid groups (broad SMARTS) is 1. The molecule has 0 aliphatic heterocycles. The summed E-state index contributed by atoms with van der Waals surface area (Å²) in [5.74, 6) is -0.654. The van der Waals surface area contributed by atoms with Crippen molar-refractivity contribution in [3.8, 4) is 0 Å². The van der Waals surface area contributed by atoms with Crippen LogP contribution in [-0.2, 0) is 9.59 Å². The number of amides is 1. The van der Waals surface area contributed by atoms with Crippen LogP contribution in [0, 0.1) is 11.3 Å². The highest BCUT2D eigenvalue weighted by Gasteiger charge is 2.52. The van der Waals surface area contributed by atoms with Crippen LogP contribution in [0.15, 0.2) is 0 Å². The lowest BCUT2D eigenvalue weighted by Crippen LogP contribution is -2.40. The van der Waals surface area contributed by atoms with Crippen LogP contribution in [0.4, 0.5) is 0 Å². The van der Waals surface area contributed by atoms with Crippen molar-refractivity contribution in [2.24, 2.45) is 11.3 Å². The molecule has 16 heavy (non-hydrogen) atoms. The molecule has 1 aliphatic rings. The molecule has 4 heteroatoms. The van der Waals surface area contributed by atoms with Gasteiger partial charge < -0.3 is 10.0 Å². The van der Waals surface area contributed by atoms with Crippen molar-refractivity contribution < 1.29 is 14.7 Å². The maximum absolute atomic E-state index is 12.1. The van der Waals surface area contributed by atoms with Crippen LogP contribution >= 0.6 is 0 Å². The van der Waals surface area contributed by atoms with Crippen LogP contribution in [0.1, 0.15) is 40.5 Å². The zero-order valence-corrected chi connectivity index (χ0v) is 10.5. The lowest BCUT2D eigenvalue weighted by molar-refractivity contribution is -0.139. The minimum atomic E-state index is -0.853. The van der Waals surface area contributed by atoms with Crippen LogP contribution in [0.2, 0.25) is 0 Å². The van der Waals surface area contributed by atoms with Crippen molar-refractivity contribution in [3.63, 3.8) is 0 Å². The Labute approximate surface area is 96.6 Å². The molecule has 1 N–H and O–H groups in total. The third-order valence-electron chi connectivity index (χ3n) is 3.28.